The van der Waals surface area contributed by atoms with Gasteiger partial charge in [-0.2, -0.15) is 0 Å². The van der Waals surface area contributed by atoms with Gasteiger partial charge in [0, 0.05) is 30.1 Å². The molecular weight excluding hydrogens is 456 g/mol. The van der Waals surface area contributed by atoms with Gasteiger partial charge in [0.1, 0.15) is 22.8 Å². The Morgan fingerprint density at radius 1 is 1.15 bits per heavy atom. The predicted octanol–water partition coefficient (Wildman–Crippen LogP) is 5.05. The fraction of sp³-hybridized carbons (Fsp3) is 0.400. The van der Waals surface area contributed by atoms with Gasteiger partial charge in [0.05, 0.1) is 12.1 Å². The van der Waals surface area contributed by atoms with Crippen molar-refractivity contribution in [2.45, 2.75) is 25.7 Å². The van der Waals surface area contributed by atoms with Crippen molar-refractivity contribution in [1.29, 1.82) is 0 Å². The number of hydrogen-bond acceptors (Lipinski definition) is 6. The highest BCUT2D eigenvalue weighted by molar-refractivity contribution is 6.30. The highest BCUT2D eigenvalue weighted by Crippen LogP contribution is 2.36. The van der Waals surface area contributed by atoms with E-state index in [0.29, 0.717) is 39.2 Å². The van der Waals surface area contributed by atoms with Gasteiger partial charge >= 0.3 is 0 Å². The number of nitrogens with one attached hydrogen (secondary N) is 2. The average molecular weight is 485 g/mol. The number of anilines is 2. The van der Waals surface area contributed by atoms with Gasteiger partial charge in [-0.3, -0.25) is 9.59 Å². The molecule has 8 nitrogen and oxygen atoms in total. The van der Waals surface area contributed by atoms with E-state index in [1.54, 1.807) is 37.4 Å². The Labute approximate surface area is 203 Å². The number of halogens is 1. The molecule has 4 rings (SSSR count). The number of methoxy groups -OCH3 is 1. The van der Waals surface area contributed by atoms with E-state index in [4.69, 9.17) is 20.8 Å². The summed E-state index contributed by atoms with van der Waals surface area (Å²) in [4.78, 5) is 32.6. The van der Waals surface area contributed by atoms with Crippen molar-refractivity contribution >= 4 is 45.9 Å². The molecule has 2 heterocycles. The van der Waals surface area contributed by atoms with Crippen LogP contribution in [0.3, 0.4) is 0 Å². The van der Waals surface area contributed by atoms with E-state index < -0.39 is 5.91 Å². The van der Waals surface area contributed by atoms with Gasteiger partial charge in [0.25, 0.3) is 5.91 Å². The molecule has 2 N–H and O–H groups in total. The number of furan rings is 1. The van der Waals surface area contributed by atoms with Crippen molar-refractivity contribution in [3.05, 3.63) is 47.3 Å². The summed E-state index contributed by atoms with van der Waals surface area (Å²) < 4.78 is 11.2. The third-order valence-electron chi connectivity index (χ3n) is 6.16. The summed E-state index contributed by atoms with van der Waals surface area (Å²) in [5.74, 6) is 0.809. The Morgan fingerprint density at radius 2 is 1.91 bits per heavy atom. The number of ether oxygens (including phenoxy) is 1. The van der Waals surface area contributed by atoms with Gasteiger partial charge in [-0.05, 0) is 70.0 Å². The van der Waals surface area contributed by atoms with Crippen molar-refractivity contribution in [3.63, 3.8) is 0 Å². The second kappa shape index (κ2) is 10.4. The van der Waals surface area contributed by atoms with Crippen LogP contribution >= 0.6 is 11.6 Å². The fourth-order valence-corrected chi connectivity index (χ4v) is 4.57. The molecule has 0 unspecified atom stereocenters. The van der Waals surface area contributed by atoms with E-state index in [1.165, 1.54) is 6.20 Å². The average Bonchev–Trinajstić information content (AvgIpc) is 3.18. The van der Waals surface area contributed by atoms with Crippen LogP contribution in [0.1, 0.15) is 36.2 Å². The molecular formula is C25H29ClN4O4. The lowest BCUT2D eigenvalue weighted by Gasteiger charge is -2.29. The van der Waals surface area contributed by atoms with E-state index in [-0.39, 0.29) is 17.6 Å². The Kier molecular flexibility index (Phi) is 7.38. The van der Waals surface area contributed by atoms with Gasteiger partial charge in [-0.15, -0.1) is 0 Å². The largest absolute Gasteiger partial charge is 0.497 e. The number of pyridine rings is 1. The van der Waals surface area contributed by atoms with Crippen LogP contribution in [0.25, 0.3) is 11.0 Å². The monoisotopic (exact) mass is 484 g/mol. The van der Waals surface area contributed by atoms with Crippen LogP contribution in [0.15, 0.2) is 40.9 Å². The minimum Gasteiger partial charge on any atom is -0.497 e. The topological polar surface area (TPSA) is 96.7 Å². The second-order valence-corrected chi connectivity index (χ2v) is 9.39. The molecule has 0 spiro atoms. The highest BCUT2D eigenvalue weighted by Gasteiger charge is 2.29. The molecule has 0 atom stereocenters. The lowest BCUT2D eigenvalue weighted by atomic mass is 9.81. The SMILES string of the molecule is COc1ccc2c(NC(=O)[C@H]3CC[C@H](CN(C)C)CC3)c(C(=O)Nc3ccc(Cl)cn3)oc2c1. The lowest BCUT2D eigenvalue weighted by molar-refractivity contribution is -0.121. The molecule has 1 aliphatic carbocycles. The van der Waals surface area contributed by atoms with Gasteiger partial charge in [0.2, 0.25) is 11.7 Å². The number of hydrogen-bond donors (Lipinski definition) is 2. The standard InChI is InChI=1S/C25H29ClN4O4/c1-30(2)14-15-4-6-16(7-5-15)24(31)29-22-19-10-9-18(33-3)12-20(19)34-23(22)25(32)28-21-11-8-17(26)13-27-21/h8-13,15-16H,4-7,14H2,1-3H3,(H,29,31)(H,27,28,32)/t15-,16-. The summed E-state index contributed by atoms with van der Waals surface area (Å²) in [6, 6.07) is 8.45. The first-order chi connectivity index (χ1) is 16.3. The summed E-state index contributed by atoms with van der Waals surface area (Å²) in [6.07, 6.45) is 5.11. The summed E-state index contributed by atoms with van der Waals surface area (Å²) in [5.41, 5.74) is 0.795. The number of aromatic nitrogens is 1. The third kappa shape index (κ3) is 5.51. The van der Waals surface area contributed by atoms with Crippen molar-refractivity contribution in [3.8, 4) is 5.75 Å². The fourth-order valence-electron chi connectivity index (χ4n) is 4.46. The Bertz CT molecular complexity index is 1170. The number of benzene rings is 1. The maximum Gasteiger partial charge on any atom is 0.294 e. The highest BCUT2D eigenvalue weighted by atomic mass is 35.5. The Hall–Kier alpha value is -3.10. The number of carbonyl (C=O) groups is 2. The van der Waals surface area contributed by atoms with E-state index in [9.17, 15) is 9.59 Å². The normalized spacial score (nSPS) is 18.1. The first kappa shape index (κ1) is 24.0. The number of amides is 2. The quantitative estimate of drug-likeness (QED) is 0.487. The molecule has 3 aromatic rings. The molecule has 0 radical (unpaired) electrons. The molecule has 2 amide bonds. The molecule has 0 bridgehead atoms. The Balaban J connectivity index is 1.57. The van der Waals surface area contributed by atoms with E-state index >= 15 is 0 Å². The molecule has 180 valence electrons. The molecule has 34 heavy (non-hydrogen) atoms. The van der Waals surface area contributed by atoms with E-state index in [0.717, 1.165) is 32.2 Å². The van der Waals surface area contributed by atoms with Crippen LogP contribution in [0.2, 0.25) is 5.02 Å². The summed E-state index contributed by atoms with van der Waals surface area (Å²) in [7, 11) is 5.70. The molecule has 9 heteroatoms. The Morgan fingerprint density at radius 3 is 2.56 bits per heavy atom. The first-order valence-electron chi connectivity index (χ1n) is 11.3. The van der Waals surface area contributed by atoms with Crippen molar-refractivity contribution in [2.24, 2.45) is 11.8 Å². The van der Waals surface area contributed by atoms with Crippen LogP contribution in [0, 0.1) is 11.8 Å². The van der Waals surface area contributed by atoms with Crippen LogP contribution < -0.4 is 15.4 Å². The molecule has 1 aromatic carbocycles. The zero-order valence-electron chi connectivity index (χ0n) is 19.6. The van der Waals surface area contributed by atoms with Gasteiger partial charge < -0.3 is 24.7 Å². The van der Waals surface area contributed by atoms with Crippen LogP contribution in [0.4, 0.5) is 11.5 Å². The van der Waals surface area contributed by atoms with Gasteiger partial charge in [0.15, 0.2) is 0 Å². The van der Waals surface area contributed by atoms with Gasteiger partial charge in [-0.25, -0.2) is 4.98 Å². The lowest BCUT2D eigenvalue weighted by Crippen LogP contribution is -2.31. The van der Waals surface area contributed by atoms with Crippen molar-refractivity contribution < 1.29 is 18.7 Å². The zero-order chi connectivity index (χ0) is 24.2. The predicted molar refractivity (Wildman–Crippen MR) is 133 cm³/mol. The van der Waals surface area contributed by atoms with E-state index in [2.05, 4.69) is 34.6 Å². The maximum absolute atomic E-state index is 13.2. The minimum absolute atomic E-state index is 0.00893. The molecule has 1 saturated carbocycles. The van der Waals surface area contributed by atoms with Crippen LogP contribution in [0.5, 0.6) is 5.75 Å². The van der Waals surface area contributed by atoms with Crippen molar-refractivity contribution in [2.75, 3.05) is 38.4 Å². The summed E-state index contributed by atoms with van der Waals surface area (Å²) in [5, 5.41) is 6.78. The summed E-state index contributed by atoms with van der Waals surface area (Å²) in [6.45, 7) is 1.03. The second-order valence-electron chi connectivity index (χ2n) is 8.95. The van der Waals surface area contributed by atoms with E-state index in [1.807, 2.05) is 0 Å². The first-order valence-corrected chi connectivity index (χ1v) is 11.7. The molecule has 1 fully saturated rings. The number of nitrogens with zero attached hydrogens (tertiary/aromatic N) is 2. The minimum atomic E-state index is -0.519. The number of carbonyl (C=O) groups excluding carboxylic acids is 2. The van der Waals surface area contributed by atoms with Crippen LogP contribution in [-0.2, 0) is 4.79 Å². The molecule has 0 aliphatic heterocycles. The van der Waals surface area contributed by atoms with Crippen molar-refractivity contribution in [1.82, 2.24) is 9.88 Å². The maximum atomic E-state index is 13.2. The smallest absolute Gasteiger partial charge is 0.294 e. The third-order valence-corrected chi connectivity index (χ3v) is 6.39. The molecule has 1 aliphatic rings. The summed E-state index contributed by atoms with van der Waals surface area (Å²) >= 11 is 5.88. The number of rotatable bonds is 7. The van der Waals surface area contributed by atoms with Crippen LogP contribution in [-0.4, -0.2) is 49.4 Å². The molecule has 2 aromatic heterocycles. The number of fused-ring (bicyclic) bond motifs is 1. The van der Waals surface area contributed by atoms with Gasteiger partial charge in [-0.1, -0.05) is 11.6 Å². The molecule has 0 saturated heterocycles. The zero-order valence-corrected chi connectivity index (χ0v) is 20.3.